The van der Waals surface area contributed by atoms with Crippen molar-refractivity contribution in [2.45, 2.75) is 38.8 Å². The summed E-state index contributed by atoms with van der Waals surface area (Å²) < 4.78 is 0. The number of hydrogen-bond acceptors (Lipinski definition) is 3. The molecule has 5 heteroatoms. The Bertz CT molecular complexity index is 276. The molecule has 1 unspecified atom stereocenters. The van der Waals surface area contributed by atoms with Crippen LogP contribution in [0.1, 0.15) is 27.2 Å². The molecule has 0 saturated carbocycles. The summed E-state index contributed by atoms with van der Waals surface area (Å²) in [6, 6.07) is -0.574. The molecule has 2 N–H and O–H groups in total. The van der Waals surface area contributed by atoms with E-state index >= 15 is 0 Å². The fraction of sp³-hybridized carbons (Fsp3) is 0.800. The van der Waals surface area contributed by atoms with Crippen molar-refractivity contribution < 1.29 is 14.7 Å². The van der Waals surface area contributed by atoms with E-state index in [1.165, 1.54) is 0 Å². The van der Waals surface area contributed by atoms with Gasteiger partial charge in [-0.2, -0.15) is 0 Å². The number of nitrogens with zero attached hydrogens (tertiary/aromatic N) is 1. The van der Waals surface area contributed by atoms with Crippen LogP contribution in [0.3, 0.4) is 0 Å². The van der Waals surface area contributed by atoms with E-state index in [1.54, 1.807) is 4.90 Å². The normalized spacial score (nSPS) is 25.4. The first-order valence-electron chi connectivity index (χ1n) is 5.15. The van der Waals surface area contributed by atoms with Gasteiger partial charge in [0.05, 0.1) is 12.5 Å². The van der Waals surface area contributed by atoms with Crippen LogP contribution in [0.5, 0.6) is 0 Å². The Hall–Kier alpha value is -1.10. The second-order valence-corrected chi connectivity index (χ2v) is 4.43. The van der Waals surface area contributed by atoms with Gasteiger partial charge in [0.1, 0.15) is 0 Å². The lowest BCUT2D eigenvalue weighted by Crippen LogP contribution is -2.65. The van der Waals surface area contributed by atoms with Gasteiger partial charge in [0.2, 0.25) is 5.91 Å². The van der Waals surface area contributed by atoms with Crippen molar-refractivity contribution in [2.24, 2.45) is 0 Å². The molecule has 1 heterocycles. The molecular formula is C10H18N2O3. The maximum Gasteiger partial charge on any atom is 0.305 e. The highest BCUT2D eigenvalue weighted by Crippen LogP contribution is 2.20. The standard InChI is InChI=1S/C10H18N2O3/c1-4-12-9(15)7(5-8(13)14)11-6-10(12,2)3/h7,11H,4-6H2,1-3H3,(H,13,14). The number of rotatable bonds is 3. The molecule has 1 aliphatic heterocycles. The first-order chi connectivity index (χ1) is 6.88. The van der Waals surface area contributed by atoms with E-state index < -0.39 is 12.0 Å². The summed E-state index contributed by atoms with van der Waals surface area (Å²) in [5, 5.41) is 11.6. The zero-order chi connectivity index (χ0) is 11.6. The summed E-state index contributed by atoms with van der Waals surface area (Å²) in [6.07, 6.45) is -0.147. The maximum absolute atomic E-state index is 11.9. The molecular weight excluding hydrogens is 196 g/mol. The van der Waals surface area contributed by atoms with Crippen molar-refractivity contribution in [1.29, 1.82) is 0 Å². The highest BCUT2D eigenvalue weighted by Gasteiger charge is 2.39. The minimum atomic E-state index is -0.948. The predicted molar refractivity (Wildman–Crippen MR) is 55.5 cm³/mol. The van der Waals surface area contributed by atoms with Crippen molar-refractivity contribution in [1.82, 2.24) is 10.2 Å². The van der Waals surface area contributed by atoms with Crippen molar-refractivity contribution in [2.75, 3.05) is 13.1 Å². The lowest BCUT2D eigenvalue weighted by atomic mass is 9.96. The second kappa shape index (κ2) is 4.18. The molecule has 15 heavy (non-hydrogen) atoms. The summed E-state index contributed by atoms with van der Waals surface area (Å²) in [7, 11) is 0. The minimum absolute atomic E-state index is 0.115. The lowest BCUT2D eigenvalue weighted by Gasteiger charge is -2.45. The first kappa shape index (κ1) is 12.0. The van der Waals surface area contributed by atoms with Crippen LogP contribution in [0.4, 0.5) is 0 Å². The Morgan fingerprint density at radius 1 is 1.67 bits per heavy atom. The van der Waals surface area contributed by atoms with Crippen molar-refractivity contribution in [3.8, 4) is 0 Å². The van der Waals surface area contributed by atoms with E-state index in [1.807, 2.05) is 20.8 Å². The quantitative estimate of drug-likeness (QED) is 0.697. The summed E-state index contributed by atoms with van der Waals surface area (Å²) in [5.41, 5.74) is -0.235. The second-order valence-electron chi connectivity index (χ2n) is 4.43. The molecule has 1 atom stereocenters. The summed E-state index contributed by atoms with van der Waals surface area (Å²) in [4.78, 5) is 24.2. The molecule has 1 aliphatic rings. The first-order valence-corrected chi connectivity index (χ1v) is 5.15. The third-order valence-electron chi connectivity index (χ3n) is 2.77. The number of amides is 1. The highest BCUT2D eigenvalue weighted by molar-refractivity contribution is 5.87. The van der Waals surface area contributed by atoms with Gasteiger partial charge in [-0.3, -0.25) is 9.59 Å². The van der Waals surface area contributed by atoms with Gasteiger partial charge in [0.15, 0.2) is 0 Å². The molecule has 1 saturated heterocycles. The Balaban J connectivity index is 2.76. The average molecular weight is 214 g/mol. The Morgan fingerprint density at radius 2 is 2.27 bits per heavy atom. The molecule has 0 aliphatic carbocycles. The molecule has 5 nitrogen and oxygen atoms in total. The number of carboxylic acid groups (broad SMARTS) is 1. The van der Waals surface area contributed by atoms with Crippen LogP contribution >= 0.6 is 0 Å². The van der Waals surface area contributed by atoms with E-state index in [-0.39, 0.29) is 17.9 Å². The number of nitrogens with one attached hydrogen (secondary N) is 1. The number of piperazine rings is 1. The molecule has 0 aromatic heterocycles. The number of carbonyl (C=O) groups is 2. The van der Waals surface area contributed by atoms with Gasteiger partial charge in [0.25, 0.3) is 0 Å². The molecule has 0 spiro atoms. The zero-order valence-corrected chi connectivity index (χ0v) is 9.41. The maximum atomic E-state index is 11.9. The third-order valence-corrected chi connectivity index (χ3v) is 2.77. The van der Waals surface area contributed by atoms with E-state index in [4.69, 9.17) is 5.11 Å². The average Bonchev–Trinajstić information content (AvgIpc) is 2.10. The van der Waals surface area contributed by atoms with Crippen LogP contribution in [-0.4, -0.2) is 46.6 Å². The van der Waals surface area contributed by atoms with E-state index in [2.05, 4.69) is 5.32 Å². The van der Waals surface area contributed by atoms with Crippen LogP contribution in [0, 0.1) is 0 Å². The minimum Gasteiger partial charge on any atom is -0.481 e. The SMILES string of the molecule is CCN1C(=O)C(CC(=O)O)NCC1(C)C. The number of likely N-dealkylation sites (N-methyl/N-ethyl adjacent to an activating group) is 1. The van der Waals surface area contributed by atoms with Gasteiger partial charge in [-0.15, -0.1) is 0 Å². The topological polar surface area (TPSA) is 69.6 Å². The van der Waals surface area contributed by atoms with Gasteiger partial charge in [-0.05, 0) is 20.8 Å². The third kappa shape index (κ3) is 2.47. The van der Waals surface area contributed by atoms with E-state index in [0.29, 0.717) is 13.1 Å². The molecule has 86 valence electrons. The zero-order valence-electron chi connectivity index (χ0n) is 9.41. The molecule has 1 fully saturated rings. The Morgan fingerprint density at radius 3 is 2.73 bits per heavy atom. The van der Waals surface area contributed by atoms with Crippen molar-refractivity contribution in [3.63, 3.8) is 0 Å². The molecule has 1 amide bonds. The number of carboxylic acids is 1. The Labute approximate surface area is 89.4 Å². The number of carbonyl (C=O) groups excluding carboxylic acids is 1. The van der Waals surface area contributed by atoms with Gasteiger partial charge in [-0.1, -0.05) is 0 Å². The molecule has 0 aromatic carbocycles. The van der Waals surface area contributed by atoms with Crippen LogP contribution in [0.15, 0.2) is 0 Å². The van der Waals surface area contributed by atoms with Gasteiger partial charge in [-0.25, -0.2) is 0 Å². The fourth-order valence-corrected chi connectivity index (χ4v) is 1.96. The van der Waals surface area contributed by atoms with Crippen LogP contribution < -0.4 is 5.32 Å². The van der Waals surface area contributed by atoms with Crippen LogP contribution in [0.25, 0.3) is 0 Å². The molecule has 1 rings (SSSR count). The lowest BCUT2D eigenvalue weighted by molar-refractivity contribution is -0.148. The largest absolute Gasteiger partial charge is 0.481 e. The van der Waals surface area contributed by atoms with Gasteiger partial charge < -0.3 is 15.3 Å². The molecule has 0 radical (unpaired) electrons. The molecule has 0 bridgehead atoms. The van der Waals surface area contributed by atoms with Crippen molar-refractivity contribution in [3.05, 3.63) is 0 Å². The summed E-state index contributed by atoms with van der Waals surface area (Å²) >= 11 is 0. The van der Waals surface area contributed by atoms with Crippen LogP contribution in [0.2, 0.25) is 0 Å². The smallest absolute Gasteiger partial charge is 0.305 e. The Kier molecular flexibility index (Phi) is 3.34. The summed E-state index contributed by atoms with van der Waals surface area (Å²) in [6.45, 7) is 7.09. The van der Waals surface area contributed by atoms with E-state index in [9.17, 15) is 9.59 Å². The van der Waals surface area contributed by atoms with Crippen molar-refractivity contribution >= 4 is 11.9 Å². The predicted octanol–water partition coefficient (Wildman–Crippen LogP) is 0.0600. The number of aliphatic carboxylic acids is 1. The highest BCUT2D eigenvalue weighted by atomic mass is 16.4. The molecule has 0 aromatic rings. The van der Waals surface area contributed by atoms with E-state index in [0.717, 1.165) is 0 Å². The van der Waals surface area contributed by atoms with Gasteiger partial charge >= 0.3 is 5.97 Å². The fourth-order valence-electron chi connectivity index (χ4n) is 1.96. The monoisotopic (exact) mass is 214 g/mol. The number of hydrogen-bond donors (Lipinski definition) is 2. The van der Waals surface area contributed by atoms with Gasteiger partial charge in [0, 0.05) is 18.6 Å². The van der Waals surface area contributed by atoms with Crippen LogP contribution in [-0.2, 0) is 9.59 Å². The summed E-state index contributed by atoms with van der Waals surface area (Å²) in [5.74, 6) is -1.06.